The summed E-state index contributed by atoms with van der Waals surface area (Å²) in [6.07, 6.45) is 0.605. The molecule has 3 fully saturated rings. The monoisotopic (exact) mass is 423 g/mol. The Hall–Kier alpha value is -1.68. The minimum absolute atomic E-state index is 0.0351. The van der Waals surface area contributed by atoms with Gasteiger partial charge in [-0.05, 0) is 30.7 Å². The van der Waals surface area contributed by atoms with Crippen LogP contribution in [-0.4, -0.2) is 98.8 Å². The zero-order chi connectivity index (χ0) is 20.6. The fourth-order valence-electron chi connectivity index (χ4n) is 4.74. The van der Waals surface area contributed by atoms with E-state index in [1.807, 2.05) is 11.8 Å². The molecule has 0 saturated carbocycles. The van der Waals surface area contributed by atoms with Gasteiger partial charge in [0.05, 0.1) is 37.7 Å². The third-order valence-electron chi connectivity index (χ3n) is 6.17. The molecule has 4 rings (SSSR count). The van der Waals surface area contributed by atoms with Gasteiger partial charge in [-0.3, -0.25) is 9.69 Å². The number of carbonyl (C=O) groups excluding carboxylic acids is 1. The lowest BCUT2D eigenvalue weighted by Gasteiger charge is -2.62. The van der Waals surface area contributed by atoms with Gasteiger partial charge < -0.3 is 14.4 Å². The van der Waals surface area contributed by atoms with E-state index in [4.69, 9.17) is 9.47 Å². The van der Waals surface area contributed by atoms with Gasteiger partial charge in [0.15, 0.2) is 0 Å². The van der Waals surface area contributed by atoms with Crippen molar-refractivity contribution in [2.75, 3.05) is 58.8 Å². The van der Waals surface area contributed by atoms with Crippen LogP contribution in [-0.2, 0) is 14.8 Å². The number of nitrogens with zero attached hydrogens (tertiary/aromatic N) is 3. The highest BCUT2D eigenvalue weighted by molar-refractivity contribution is 7.89. The third-order valence-corrected chi connectivity index (χ3v) is 8.14. The molecule has 1 aromatic carbocycles. The zero-order valence-corrected chi connectivity index (χ0v) is 17.9. The van der Waals surface area contributed by atoms with Crippen LogP contribution in [0.3, 0.4) is 0 Å². The van der Waals surface area contributed by atoms with Crippen LogP contribution in [0.25, 0.3) is 0 Å². The van der Waals surface area contributed by atoms with Gasteiger partial charge in [-0.15, -0.1) is 0 Å². The summed E-state index contributed by atoms with van der Waals surface area (Å²) in [5, 5.41) is 0. The van der Waals surface area contributed by atoms with Gasteiger partial charge in [0, 0.05) is 38.3 Å². The minimum atomic E-state index is -3.23. The maximum atomic E-state index is 13.2. The second-order valence-electron chi connectivity index (χ2n) is 8.14. The molecule has 0 aromatic heterocycles. The first-order chi connectivity index (χ1) is 13.9. The molecule has 1 spiro atoms. The second-order valence-corrected chi connectivity index (χ2v) is 10.2. The van der Waals surface area contributed by atoms with E-state index in [-0.39, 0.29) is 23.2 Å². The third kappa shape index (κ3) is 3.76. The quantitative estimate of drug-likeness (QED) is 0.692. The topological polar surface area (TPSA) is 79.4 Å². The number of hydrogen-bond donors (Lipinski definition) is 0. The van der Waals surface area contributed by atoms with Crippen molar-refractivity contribution in [1.82, 2.24) is 14.1 Å². The first kappa shape index (κ1) is 20.6. The molecule has 3 aliphatic heterocycles. The molecule has 1 amide bonds. The van der Waals surface area contributed by atoms with Crippen molar-refractivity contribution in [2.45, 2.75) is 24.9 Å². The summed E-state index contributed by atoms with van der Waals surface area (Å²) in [7, 11) is -1.63. The first-order valence-corrected chi connectivity index (χ1v) is 11.7. The Labute approximate surface area is 172 Å². The molecule has 160 valence electrons. The van der Waals surface area contributed by atoms with Crippen molar-refractivity contribution in [3.63, 3.8) is 0 Å². The van der Waals surface area contributed by atoms with Crippen molar-refractivity contribution in [3.8, 4) is 5.75 Å². The number of morpholine rings is 1. The molecule has 0 aliphatic carbocycles. The van der Waals surface area contributed by atoms with Crippen LogP contribution in [0.4, 0.5) is 0 Å². The van der Waals surface area contributed by atoms with Crippen LogP contribution in [0.2, 0.25) is 0 Å². The number of benzene rings is 1. The van der Waals surface area contributed by atoms with Crippen molar-refractivity contribution in [2.24, 2.45) is 0 Å². The molecule has 0 radical (unpaired) electrons. The summed E-state index contributed by atoms with van der Waals surface area (Å²) >= 11 is 0. The summed E-state index contributed by atoms with van der Waals surface area (Å²) in [5.74, 6) is 0.843. The lowest BCUT2D eigenvalue weighted by Crippen LogP contribution is -2.81. The van der Waals surface area contributed by atoms with Crippen molar-refractivity contribution >= 4 is 15.9 Å². The zero-order valence-electron chi connectivity index (χ0n) is 17.0. The maximum absolute atomic E-state index is 13.2. The smallest absolute Gasteiger partial charge is 0.253 e. The average Bonchev–Trinajstić information content (AvgIpc) is 2.70. The Balaban J connectivity index is 1.54. The van der Waals surface area contributed by atoms with E-state index < -0.39 is 10.0 Å². The molecular formula is C20H29N3O5S. The van der Waals surface area contributed by atoms with Crippen molar-refractivity contribution in [1.29, 1.82) is 0 Å². The van der Waals surface area contributed by atoms with E-state index >= 15 is 0 Å². The van der Waals surface area contributed by atoms with Crippen LogP contribution < -0.4 is 4.74 Å². The van der Waals surface area contributed by atoms with Crippen molar-refractivity contribution in [3.05, 3.63) is 29.8 Å². The number of piperazine rings is 1. The number of carbonyl (C=O) groups is 1. The number of methoxy groups -OCH3 is 1. The van der Waals surface area contributed by atoms with Gasteiger partial charge in [0.2, 0.25) is 10.0 Å². The molecule has 0 bridgehead atoms. The molecule has 3 aliphatic rings. The summed E-state index contributed by atoms with van der Waals surface area (Å²) in [6.45, 7) is 5.87. The number of rotatable bonds is 5. The van der Waals surface area contributed by atoms with Gasteiger partial charge in [-0.1, -0.05) is 6.92 Å². The van der Waals surface area contributed by atoms with Crippen LogP contribution >= 0.6 is 0 Å². The summed E-state index contributed by atoms with van der Waals surface area (Å²) < 4.78 is 37.4. The van der Waals surface area contributed by atoms with E-state index in [2.05, 4.69) is 4.90 Å². The molecule has 29 heavy (non-hydrogen) atoms. The SMILES string of the molecule is CCCS(=O)(=O)N1CC2(CN(C(=O)c3ccc(OC)cc3)C[C@@H]3COCCN32)C1. The highest BCUT2D eigenvalue weighted by atomic mass is 32.2. The molecule has 9 heteroatoms. The van der Waals surface area contributed by atoms with Crippen LogP contribution in [0.15, 0.2) is 24.3 Å². The fraction of sp³-hybridized carbons (Fsp3) is 0.650. The van der Waals surface area contributed by atoms with E-state index in [0.717, 1.165) is 6.54 Å². The Bertz CT molecular complexity index is 851. The molecular weight excluding hydrogens is 394 g/mol. The highest BCUT2D eigenvalue weighted by Gasteiger charge is 2.57. The van der Waals surface area contributed by atoms with E-state index in [1.165, 1.54) is 0 Å². The van der Waals surface area contributed by atoms with Crippen LogP contribution in [0.5, 0.6) is 5.75 Å². The number of ether oxygens (including phenoxy) is 2. The van der Waals surface area contributed by atoms with Gasteiger partial charge in [0.1, 0.15) is 5.75 Å². The number of sulfonamides is 1. The Morgan fingerprint density at radius 1 is 1.24 bits per heavy atom. The van der Waals surface area contributed by atoms with Crippen molar-refractivity contribution < 1.29 is 22.7 Å². The van der Waals surface area contributed by atoms with Gasteiger partial charge in [-0.25, -0.2) is 8.42 Å². The predicted octanol–water partition coefficient (Wildman–Crippen LogP) is 0.646. The molecule has 1 atom stereocenters. The van der Waals surface area contributed by atoms with Gasteiger partial charge in [0.25, 0.3) is 5.91 Å². The number of fused-ring (bicyclic) bond motifs is 2. The van der Waals surface area contributed by atoms with Gasteiger partial charge in [-0.2, -0.15) is 4.31 Å². The second kappa shape index (κ2) is 7.86. The van der Waals surface area contributed by atoms with E-state index in [1.54, 1.807) is 35.7 Å². The summed E-state index contributed by atoms with van der Waals surface area (Å²) in [4.78, 5) is 17.4. The first-order valence-electron chi connectivity index (χ1n) is 10.1. The van der Waals surface area contributed by atoms with Crippen LogP contribution in [0.1, 0.15) is 23.7 Å². The Kier molecular flexibility index (Phi) is 5.58. The fourth-order valence-corrected chi connectivity index (χ4v) is 6.39. The highest BCUT2D eigenvalue weighted by Crippen LogP contribution is 2.37. The lowest BCUT2D eigenvalue weighted by molar-refractivity contribution is -0.141. The lowest BCUT2D eigenvalue weighted by atomic mass is 9.84. The van der Waals surface area contributed by atoms with E-state index in [0.29, 0.717) is 57.1 Å². The predicted molar refractivity (Wildman–Crippen MR) is 109 cm³/mol. The standard InChI is InChI=1S/C20H29N3O5S/c1-3-10-29(25,26)22-14-20(15-22)13-21(11-17-12-28-9-8-23(17)20)19(24)16-4-6-18(27-2)7-5-16/h4-7,17H,3,8-15H2,1-2H3/t17-/m1/s1. The Morgan fingerprint density at radius 2 is 1.97 bits per heavy atom. The van der Waals surface area contributed by atoms with Gasteiger partial charge >= 0.3 is 0 Å². The normalized spacial score (nSPS) is 24.8. The largest absolute Gasteiger partial charge is 0.497 e. The summed E-state index contributed by atoms with van der Waals surface area (Å²) in [5.41, 5.74) is 0.288. The summed E-state index contributed by atoms with van der Waals surface area (Å²) in [6, 6.07) is 7.21. The number of hydrogen-bond acceptors (Lipinski definition) is 6. The van der Waals surface area contributed by atoms with E-state index in [9.17, 15) is 13.2 Å². The van der Waals surface area contributed by atoms with Crippen LogP contribution in [0, 0.1) is 0 Å². The maximum Gasteiger partial charge on any atom is 0.253 e. The average molecular weight is 424 g/mol. The Morgan fingerprint density at radius 3 is 2.62 bits per heavy atom. The molecule has 3 heterocycles. The molecule has 0 unspecified atom stereocenters. The molecule has 8 nitrogen and oxygen atoms in total. The molecule has 1 aromatic rings. The molecule has 0 N–H and O–H groups in total. The minimum Gasteiger partial charge on any atom is -0.497 e. The number of amides is 1. The molecule has 3 saturated heterocycles.